The fraction of sp³-hybridized carbons (Fsp3) is 0.429. The van der Waals surface area contributed by atoms with Crippen molar-refractivity contribution in [3.63, 3.8) is 0 Å². The third-order valence-corrected chi connectivity index (χ3v) is 5.39. The van der Waals surface area contributed by atoms with Crippen molar-refractivity contribution >= 4 is 11.7 Å². The molecule has 1 amide bonds. The van der Waals surface area contributed by atoms with Gasteiger partial charge in [-0.05, 0) is 38.8 Å². The molecule has 1 atom stereocenters. The van der Waals surface area contributed by atoms with Gasteiger partial charge < -0.3 is 10.2 Å². The Kier molecular flexibility index (Phi) is 6.06. The number of rotatable bonds is 6. The van der Waals surface area contributed by atoms with Crippen molar-refractivity contribution in [2.75, 3.05) is 24.5 Å². The monoisotopic (exact) mass is 422 g/mol. The number of nitrogens with zero attached hydrogens (tertiary/aromatic N) is 7. The number of hydrogen-bond acceptors (Lipinski definition) is 7. The summed E-state index contributed by atoms with van der Waals surface area (Å²) >= 11 is 0. The number of piperidine rings is 1. The highest BCUT2D eigenvalue weighted by Crippen LogP contribution is 2.23. The van der Waals surface area contributed by atoms with Gasteiger partial charge >= 0.3 is 0 Å². The van der Waals surface area contributed by atoms with Gasteiger partial charge in [0.15, 0.2) is 5.82 Å². The van der Waals surface area contributed by atoms with Crippen LogP contribution in [0.25, 0.3) is 5.82 Å². The van der Waals surface area contributed by atoms with Crippen LogP contribution in [0.2, 0.25) is 0 Å². The lowest BCUT2D eigenvalue weighted by Gasteiger charge is -2.32. The summed E-state index contributed by atoms with van der Waals surface area (Å²) in [6.45, 7) is 6.07. The molecule has 10 heteroatoms. The van der Waals surface area contributed by atoms with Crippen molar-refractivity contribution in [2.45, 2.75) is 33.2 Å². The van der Waals surface area contributed by atoms with Crippen molar-refractivity contribution in [1.82, 2.24) is 34.8 Å². The van der Waals surface area contributed by atoms with Gasteiger partial charge in [-0.25, -0.2) is 19.3 Å². The second-order valence-corrected chi connectivity index (χ2v) is 7.73. The van der Waals surface area contributed by atoms with Gasteiger partial charge in [0.05, 0.1) is 18.2 Å². The van der Waals surface area contributed by atoms with Crippen molar-refractivity contribution in [3.05, 3.63) is 58.5 Å². The van der Waals surface area contributed by atoms with Crippen LogP contribution in [0.15, 0.2) is 41.6 Å². The minimum absolute atomic E-state index is 0.0125. The fourth-order valence-electron chi connectivity index (χ4n) is 3.87. The average molecular weight is 422 g/mol. The molecule has 0 spiro atoms. The zero-order valence-corrected chi connectivity index (χ0v) is 17.7. The van der Waals surface area contributed by atoms with Crippen LogP contribution in [-0.2, 0) is 11.3 Å². The Hall–Kier alpha value is -3.56. The molecule has 10 nitrogen and oxygen atoms in total. The Labute approximate surface area is 179 Å². The van der Waals surface area contributed by atoms with Crippen LogP contribution in [0, 0.1) is 19.8 Å². The molecule has 1 N–H and O–H groups in total. The average Bonchev–Trinajstić information content (AvgIpc) is 3.13. The molecule has 4 rings (SSSR count). The zero-order chi connectivity index (χ0) is 21.8. The quantitative estimate of drug-likeness (QED) is 0.627. The minimum Gasteiger partial charge on any atom is -0.356 e. The summed E-state index contributed by atoms with van der Waals surface area (Å²) in [4.78, 5) is 35.3. The molecule has 1 aliphatic rings. The molecule has 0 radical (unpaired) electrons. The maximum Gasteiger partial charge on any atom is 0.266 e. The SMILES string of the molecule is Cc1cc(C)n(-c2cc(N3CCCC(C(=O)NCCn4ncccc4=O)C3)ncn2)n1. The summed E-state index contributed by atoms with van der Waals surface area (Å²) in [5.74, 6) is 1.35. The van der Waals surface area contributed by atoms with Gasteiger partial charge in [0.1, 0.15) is 12.1 Å². The molecule has 162 valence electrons. The van der Waals surface area contributed by atoms with E-state index in [0.29, 0.717) is 25.5 Å². The Morgan fingerprint density at radius 2 is 2.06 bits per heavy atom. The number of aromatic nitrogens is 6. The third-order valence-electron chi connectivity index (χ3n) is 5.39. The van der Waals surface area contributed by atoms with E-state index in [0.717, 1.165) is 36.6 Å². The molecule has 0 saturated carbocycles. The van der Waals surface area contributed by atoms with E-state index in [1.54, 1.807) is 16.9 Å². The summed E-state index contributed by atoms with van der Waals surface area (Å²) in [6.07, 6.45) is 4.82. The number of amides is 1. The van der Waals surface area contributed by atoms with Gasteiger partial charge in [0.2, 0.25) is 5.91 Å². The summed E-state index contributed by atoms with van der Waals surface area (Å²) in [7, 11) is 0. The Bertz CT molecular complexity index is 1120. The number of aryl methyl sites for hydroxylation is 2. The lowest BCUT2D eigenvalue weighted by Crippen LogP contribution is -2.44. The molecule has 0 aliphatic carbocycles. The van der Waals surface area contributed by atoms with E-state index in [2.05, 4.69) is 30.4 Å². The number of nitrogens with one attached hydrogen (secondary N) is 1. The molecular formula is C21H26N8O2. The number of anilines is 1. The molecule has 4 heterocycles. The number of carbonyl (C=O) groups is 1. The van der Waals surface area contributed by atoms with Crippen LogP contribution >= 0.6 is 0 Å². The van der Waals surface area contributed by atoms with Crippen LogP contribution in [0.5, 0.6) is 0 Å². The Morgan fingerprint density at radius 1 is 1.23 bits per heavy atom. The van der Waals surface area contributed by atoms with Gasteiger partial charge in [-0.3, -0.25) is 9.59 Å². The first-order chi connectivity index (χ1) is 15.0. The number of carbonyl (C=O) groups excluding carboxylic acids is 1. The standard InChI is InChI=1S/C21H26N8O2/c1-15-11-16(2)29(26-15)19-12-18(23-14-24-19)27-9-4-5-17(13-27)21(31)22-8-10-28-20(30)6-3-7-25-28/h3,6-7,11-12,14,17H,4-5,8-10,13H2,1-2H3,(H,22,31). The molecule has 1 unspecified atom stereocenters. The largest absolute Gasteiger partial charge is 0.356 e. The van der Waals surface area contributed by atoms with Crippen LogP contribution in [0.4, 0.5) is 5.82 Å². The van der Waals surface area contributed by atoms with Gasteiger partial charge in [0, 0.05) is 43.7 Å². The molecule has 1 fully saturated rings. The second-order valence-electron chi connectivity index (χ2n) is 7.73. The van der Waals surface area contributed by atoms with Crippen LogP contribution in [0.1, 0.15) is 24.2 Å². The van der Waals surface area contributed by atoms with E-state index in [-0.39, 0.29) is 17.4 Å². The molecule has 31 heavy (non-hydrogen) atoms. The van der Waals surface area contributed by atoms with Gasteiger partial charge in [-0.15, -0.1) is 0 Å². The van der Waals surface area contributed by atoms with Gasteiger partial charge in [0.25, 0.3) is 5.56 Å². The smallest absolute Gasteiger partial charge is 0.266 e. The normalized spacial score (nSPS) is 16.3. The third kappa shape index (κ3) is 4.79. The molecule has 0 bridgehead atoms. The van der Waals surface area contributed by atoms with Crippen LogP contribution in [-0.4, -0.2) is 55.1 Å². The van der Waals surface area contributed by atoms with E-state index in [1.807, 2.05) is 26.0 Å². The molecule has 1 aliphatic heterocycles. The van der Waals surface area contributed by atoms with E-state index >= 15 is 0 Å². The molecular weight excluding hydrogens is 396 g/mol. The maximum absolute atomic E-state index is 12.7. The highest BCUT2D eigenvalue weighted by Gasteiger charge is 2.26. The van der Waals surface area contributed by atoms with Crippen LogP contribution in [0.3, 0.4) is 0 Å². The summed E-state index contributed by atoms with van der Waals surface area (Å²) in [5, 5.41) is 11.4. The van der Waals surface area contributed by atoms with Gasteiger partial charge in [-0.1, -0.05) is 0 Å². The van der Waals surface area contributed by atoms with Crippen molar-refractivity contribution < 1.29 is 4.79 Å². The second kappa shape index (κ2) is 9.07. The predicted molar refractivity (Wildman–Crippen MR) is 115 cm³/mol. The Morgan fingerprint density at radius 3 is 2.84 bits per heavy atom. The lowest BCUT2D eigenvalue weighted by atomic mass is 9.97. The highest BCUT2D eigenvalue weighted by molar-refractivity contribution is 5.79. The maximum atomic E-state index is 12.7. The Balaban J connectivity index is 1.38. The van der Waals surface area contributed by atoms with E-state index in [9.17, 15) is 9.59 Å². The lowest BCUT2D eigenvalue weighted by molar-refractivity contribution is -0.125. The summed E-state index contributed by atoms with van der Waals surface area (Å²) in [5.41, 5.74) is 1.76. The zero-order valence-electron chi connectivity index (χ0n) is 17.7. The predicted octanol–water partition coefficient (Wildman–Crippen LogP) is 0.869. The van der Waals surface area contributed by atoms with E-state index in [4.69, 9.17) is 0 Å². The van der Waals surface area contributed by atoms with Crippen molar-refractivity contribution in [3.8, 4) is 5.82 Å². The van der Waals surface area contributed by atoms with E-state index in [1.165, 1.54) is 17.1 Å². The molecule has 1 saturated heterocycles. The number of hydrogen-bond donors (Lipinski definition) is 1. The highest BCUT2D eigenvalue weighted by atomic mass is 16.2. The first-order valence-electron chi connectivity index (χ1n) is 10.4. The molecule has 3 aromatic rings. The topological polar surface area (TPSA) is 111 Å². The van der Waals surface area contributed by atoms with Crippen LogP contribution < -0.4 is 15.8 Å². The summed E-state index contributed by atoms with van der Waals surface area (Å²) in [6, 6.07) is 6.96. The van der Waals surface area contributed by atoms with Gasteiger partial charge in [-0.2, -0.15) is 10.2 Å². The first kappa shape index (κ1) is 20.7. The van der Waals surface area contributed by atoms with Crippen molar-refractivity contribution in [1.29, 1.82) is 0 Å². The van der Waals surface area contributed by atoms with Crippen molar-refractivity contribution in [2.24, 2.45) is 5.92 Å². The minimum atomic E-state index is -0.178. The summed E-state index contributed by atoms with van der Waals surface area (Å²) < 4.78 is 3.14. The first-order valence-corrected chi connectivity index (χ1v) is 10.4. The van der Waals surface area contributed by atoms with E-state index < -0.39 is 0 Å². The molecule has 0 aromatic carbocycles. The fourth-order valence-corrected chi connectivity index (χ4v) is 3.87. The molecule has 3 aromatic heterocycles.